The van der Waals surface area contributed by atoms with Gasteiger partial charge in [-0.3, -0.25) is 0 Å². The Morgan fingerprint density at radius 1 is 0.343 bits per heavy atom. The number of aryl methyl sites for hydroxylation is 2. The van der Waals surface area contributed by atoms with Crippen LogP contribution in [0.4, 0.5) is 0 Å². The maximum Gasteiger partial charge on any atom is 0.0748 e. The van der Waals surface area contributed by atoms with Crippen molar-refractivity contribution in [2.45, 2.75) is 25.7 Å². The van der Waals surface area contributed by atoms with Crippen LogP contribution in [0.3, 0.4) is 0 Å². The lowest BCUT2D eigenvalue weighted by Gasteiger charge is -2.43. The summed E-state index contributed by atoms with van der Waals surface area (Å²) in [6.45, 7) is 4.66. The van der Waals surface area contributed by atoms with Crippen LogP contribution in [0.25, 0.3) is 93.6 Å². The van der Waals surface area contributed by atoms with E-state index in [9.17, 15) is 0 Å². The second kappa shape index (κ2) is 14.3. The average Bonchev–Trinajstić information content (AvgIpc) is 4.03. The van der Waals surface area contributed by atoms with Gasteiger partial charge in [0.25, 0.3) is 0 Å². The summed E-state index contributed by atoms with van der Waals surface area (Å²) in [6, 6.07) is 83.9. The minimum Gasteiger partial charge on any atom is -0.309 e. The Kier molecular flexibility index (Phi) is 8.09. The van der Waals surface area contributed by atoms with Gasteiger partial charge in [-0.15, -0.1) is 0 Å². The summed E-state index contributed by atoms with van der Waals surface area (Å²) >= 11 is 0. The average molecular weight is 856 g/mol. The molecule has 14 rings (SSSR count). The van der Waals surface area contributed by atoms with Crippen molar-refractivity contribution in [1.29, 1.82) is 0 Å². The fraction of sp³-hybridized carbons (Fsp3) is 0.0625. The largest absolute Gasteiger partial charge is 0.309 e. The molecule has 0 bridgehead atoms. The lowest BCUT2D eigenvalue weighted by molar-refractivity contribution is 0.712. The van der Waals surface area contributed by atoms with Gasteiger partial charge < -0.3 is 13.7 Å². The van der Waals surface area contributed by atoms with Crippen LogP contribution in [0.5, 0.6) is 0 Å². The van der Waals surface area contributed by atoms with Gasteiger partial charge in [0.05, 0.1) is 44.2 Å². The topological polar surface area (TPSA) is 14.8 Å². The zero-order valence-electron chi connectivity index (χ0n) is 37.4. The Morgan fingerprint density at radius 3 is 1.60 bits per heavy atom. The van der Waals surface area contributed by atoms with Crippen molar-refractivity contribution in [1.82, 2.24) is 13.7 Å². The Balaban J connectivity index is 1.09. The summed E-state index contributed by atoms with van der Waals surface area (Å²) in [4.78, 5) is 0. The Labute approximate surface area is 389 Å². The second-order valence-corrected chi connectivity index (χ2v) is 18.3. The first-order chi connectivity index (χ1) is 33.1. The van der Waals surface area contributed by atoms with Crippen molar-refractivity contribution < 1.29 is 0 Å². The van der Waals surface area contributed by atoms with Crippen molar-refractivity contribution >= 4 is 65.4 Å². The molecule has 0 spiro atoms. The summed E-state index contributed by atoms with van der Waals surface area (Å²) < 4.78 is 7.57. The molecule has 13 aromatic rings. The molecule has 0 aliphatic carbocycles. The molecule has 316 valence electrons. The van der Waals surface area contributed by atoms with Crippen molar-refractivity contribution in [2.75, 3.05) is 0 Å². The molecule has 0 fully saturated rings. The van der Waals surface area contributed by atoms with Gasteiger partial charge >= 0.3 is 0 Å². The molecule has 1 unspecified atom stereocenters. The first-order valence-electron chi connectivity index (χ1n) is 23.6. The molecule has 0 N–H and O–H groups in total. The van der Waals surface area contributed by atoms with E-state index in [0.29, 0.717) is 0 Å². The number of para-hydroxylation sites is 5. The monoisotopic (exact) mass is 855 g/mol. The van der Waals surface area contributed by atoms with Crippen LogP contribution >= 0.6 is 0 Å². The molecule has 0 saturated heterocycles. The molecule has 3 heteroatoms. The van der Waals surface area contributed by atoms with E-state index in [2.05, 4.69) is 252 Å². The zero-order chi connectivity index (χ0) is 44.4. The van der Waals surface area contributed by atoms with Crippen molar-refractivity contribution in [3.05, 3.63) is 258 Å². The van der Waals surface area contributed by atoms with E-state index in [1.165, 1.54) is 116 Å². The number of rotatable bonds is 6. The van der Waals surface area contributed by atoms with E-state index in [1.807, 2.05) is 0 Å². The second-order valence-electron chi connectivity index (χ2n) is 18.3. The van der Waals surface area contributed by atoms with Gasteiger partial charge in [-0.2, -0.15) is 0 Å². The molecule has 3 aromatic heterocycles. The molecular weight excluding hydrogens is 811 g/mol. The van der Waals surface area contributed by atoms with Crippen molar-refractivity contribution in [3.63, 3.8) is 0 Å². The third-order valence-electron chi connectivity index (χ3n) is 15.0. The first kappa shape index (κ1) is 37.9. The van der Waals surface area contributed by atoms with E-state index in [4.69, 9.17) is 0 Å². The minimum absolute atomic E-state index is 0.630. The van der Waals surface area contributed by atoms with E-state index in [-0.39, 0.29) is 0 Å². The highest BCUT2D eigenvalue weighted by Crippen LogP contribution is 2.56. The summed E-state index contributed by atoms with van der Waals surface area (Å²) in [5.41, 5.74) is 20.6. The van der Waals surface area contributed by atoms with Crippen molar-refractivity contribution in [3.8, 4) is 28.2 Å². The molecule has 4 heterocycles. The Hall–Kier alpha value is -8.40. The summed E-state index contributed by atoms with van der Waals surface area (Å²) in [5, 5.41) is 7.58. The normalized spacial score (nSPS) is 14.5. The molecule has 1 aliphatic rings. The third kappa shape index (κ3) is 5.11. The number of hydrogen-bond acceptors (Lipinski definition) is 0. The molecule has 10 aromatic carbocycles. The van der Waals surface area contributed by atoms with E-state index < -0.39 is 5.41 Å². The van der Waals surface area contributed by atoms with Crippen molar-refractivity contribution in [2.24, 2.45) is 0 Å². The number of benzene rings is 10. The fourth-order valence-corrected chi connectivity index (χ4v) is 12.3. The number of nitrogens with zero attached hydrogens (tertiary/aromatic N) is 3. The van der Waals surface area contributed by atoms with Gasteiger partial charge in [-0.25, -0.2) is 0 Å². The predicted molar refractivity (Wildman–Crippen MR) is 281 cm³/mol. The maximum absolute atomic E-state index is 2.57. The van der Waals surface area contributed by atoms with E-state index in [0.717, 1.165) is 17.8 Å². The molecule has 3 nitrogen and oxygen atoms in total. The number of aromatic nitrogens is 3. The highest BCUT2D eigenvalue weighted by Gasteiger charge is 2.47. The molecule has 0 radical (unpaired) electrons. The van der Waals surface area contributed by atoms with Crippen LogP contribution in [0.15, 0.2) is 224 Å². The highest BCUT2D eigenvalue weighted by molar-refractivity contribution is 6.15. The van der Waals surface area contributed by atoms with Gasteiger partial charge in [-0.1, -0.05) is 183 Å². The van der Waals surface area contributed by atoms with Gasteiger partial charge in [0.2, 0.25) is 0 Å². The summed E-state index contributed by atoms with van der Waals surface area (Å²) in [5.74, 6) is 0. The molecule has 1 atom stereocenters. The first-order valence-corrected chi connectivity index (χ1v) is 23.6. The Morgan fingerprint density at radius 2 is 0.866 bits per heavy atom. The standard InChI is InChI=1S/C64H45N3/c1-3-46-54(64(53-25-11-7-18-41(53)2)55-26-12-16-31-60(55)67-59-30-15-10-22-48(59)51-24-17-27-56(64)63(51)67)39-38-52-49-23-9-14-29-58(49)66(62(46)52)45-36-37-50-47-21-8-13-28-57(47)65(61(50)40-45)44-34-32-43(33-35-44)42-19-5-4-6-20-42/h4-40H,3H2,1-2H3. The van der Waals surface area contributed by atoms with Gasteiger partial charge in [-0.05, 0) is 106 Å². The minimum atomic E-state index is -0.630. The van der Waals surface area contributed by atoms with Crippen LogP contribution in [0.1, 0.15) is 40.3 Å². The van der Waals surface area contributed by atoms with Gasteiger partial charge in [0.1, 0.15) is 0 Å². The number of hydrogen-bond donors (Lipinski definition) is 0. The van der Waals surface area contributed by atoms with Crippen LogP contribution in [-0.2, 0) is 11.8 Å². The van der Waals surface area contributed by atoms with Crippen LogP contribution in [0, 0.1) is 6.92 Å². The molecular formula is C64H45N3. The van der Waals surface area contributed by atoms with Crippen LogP contribution < -0.4 is 0 Å². The van der Waals surface area contributed by atoms with Crippen LogP contribution in [0.2, 0.25) is 0 Å². The van der Waals surface area contributed by atoms with E-state index in [1.54, 1.807) is 0 Å². The smallest absolute Gasteiger partial charge is 0.0748 e. The zero-order valence-corrected chi connectivity index (χ0v) is 37.4. The predicted octanol–water partition coefficient (Wildman–Crippen LogP) is 16.2. The van der Waals surface area contributed by atoms with Gasteiger partial charge in [0, 0.05) is 43.7 Å². The van der Waals surface area contributed by atoms with Crippen LogP contribution in [-0.4, -0.2) is 13.7 Å². The SMILES string of the molecule is CCc1c(C2(c3ccccc3C)c3ccccc3-n3c4ccccc4c4cccc2c43)ccc2c3ccccc3n(-c3ccc4c5ccccc5n(-c5ccc(-c6ccccc6)cc5)c4c3)c12. The third-order valence-corrected chi connectivity index (χ3v) is 15.0. The lowest BCUT2D eigenvalue weighted by atomic mass is 9.61. The fourth-order valence-electron chi connectivity index (χ4n) is 12.3. The Bertz CT molecular complexity index is 4140. The quantitative estimate of drug-likeness (QED) is 0.158. The lowest BCUT2D eigenvalue weighted by Crippen LogP contribution is -2.37. The molecule has 1 aliphatic heterocycles. The molecule has 0 amide bonds. The molecule has 67 heavy (non-hydrogen) atoms. The number of fused-ring (bicyclic) bond motifs is 11. The maximum atomic E-state index is 2.57. The highest BCUT2D eigenvalue weighted by atomic mass is 15.0. The summed E-state index contributed by atoms with van der Waals surface area (Å²) in [7, 11) is 0. The molecule has 0 saturated carbocycles. The van der Waals surface area contributed by atoms with Gasteiger partial charge in [0.15, 0.2) is 0 Å². The summed E-state index contributed by atoms with van der Waals surface area (Å²) in [6.07, 6.45) is 0.841. The van der Waals surface area contributed by atoms with E-state index >= 15 is 0 Å².